The molecule has 5 nitrogen and oxygen atoms in total. The van der Waals surface area contributed by atoms with Gasteiger partial charge in [-0.25, -0.2) is 4.84 Å². The maximum atomic E-state index is 10.4. The summed E-state index contributed by atoms with van der Waals surface area (Å²) in [6.07, 6.45) is 16.3. The van der Waals surface area contributed by atoms with Crippen molar-refractivity contribution < 1.29 is 14.4 Å². The van der Waals surface area contributed by atoms with Gasteiger partial charge in [-0.3, -0.25) is 10.3 Å². The fourth-order valence-corrected chi connectivity index (χ4v) is 8.60. The molecule has 7 heteroatoms. The fourth-order valence-electron chi connectivity index (χ4n) is 6.73. The molecule has 3 heterocycles. The van der Waals surface area contributed by atoms with E-state index in [0.717, 1.165) is 57.2 Å². The van der Waals surface area contributed by atoms with Crippen molar-refractivity contribution in [3.8, 4) is 21.6 Å². The molecule has 2 aliphatic heterocycles. The zero-order valence-corrected chi connectivity index (χ0v) is 28.1. The molecule has 2 aliphatic carbocycles. The van der Waals surface area contributed by atoms with E-state index in [-0.39, 0.29) is 17.4 Å². The second-order valence-corrected chi connectivity index (χ2v) is 14.5. The van der Waals surface area contributed by atoms with Crippen molar-refractivity contribution in [2.24, 2.45) is 5.73 Å². The minimum atomic E-state index is -0.238. The number of rotatable bonds is 7. The summed E-state index contributed by atoms with van der Waals surface area (Å²) in [7, 11) is 0. The van der Waals surface area contributed by atoms with Gasteiger partial charge in [0.1, 0.15) is 0 Å². The highest BCUT2D eigenvalue weighted by atomic mass is 32.2. The number of aryl methyl sites for hydroxylation is 1. The van der Waals surface area contributed by atoms with E-state index >= 15 is 0 Å². The van der Waals surface area contributed by atoms with Crippen LogP contribution in [0.25, 0.3) is 33.2 Å². The van der Waals surface area contributed by atoms with Crippen molar-refractivity contribution >= 4 is 46.3 Å². The molecule has 1 amide bonds. The normalized spacial score (nSPS) is 19.4. The minimum absolute atomic E-state index is 0.160. The highest BCUT2D eigenvalue weighted by Gasteiger charge is 2.23. The fraction of sp³-hybridized carbons (Fsp3) is 0.275. The van der Waals surface area contributed by atoms with Crippen molar-refractivity contribution in [3.63, 3.8) is 0 Å². The molecule has 0 spiro atoms. The van der Waals surface area contributed by atoms with Gasteiger partial charge in [-0.15, -0.1) is 23.1 Å². The van der Waals surface area contributed by atoms with Crippen molar-refractivity contribution in [1.29, 1.82) is 0 Å². The monoisotopic (exact) mass is 660 g/mol. The second-order valence-electron chi connectivity index (χ2n) is 12.3. The minimum Gasteiger partial charge on any atom is -0.370 e. The van der Waals surface area contributed by atoms with E-state index in [0.29, 0.717) is 6.42 Å². The van der Waals surface area contributed by atoms with E-state index in [1.165, 1.54) is 43.1 Å². The number of carbonyl (C=O) groups excluding carboxylic acids is 1. The van der Waals surface area contributed by atoms with Crippen LogP contribution in [0, 0.1) is 0 Å². The maximum absolute atomic E-state index is 10.4. The standard InChI is InChI=1S/C33H31NO2S.C7H9NOS/c1-2-9-27-22(6-1)11-15-30-28-14-13-25(20-23(28)12-16-29(27)30)32-18-17-31(37-32)24-7-5-8-26(21-24)34-36-33-10-3-4-19-35-33;8-7(9)5-6-3-1-2-4-10-6/h1-2,5-9,12,16-18,20-21,33-34H,3-4,10-11,13-15,19H2;1-4,6H,5H2,(H2,8,9)/t33-;/m0./s1. The van der Waals surface area contributed by atoms with Crippen LogP contribution in [-0.4, -0.2) is 24.1 Å². The molecule has 4 aliphatic rings. The zero-order valence-electron chi connectivity index (χ0n) is 26.5. The number of amides is 1. The predicted octanol–water partition coefficient (Wildman–Crippen LogP) is 9.58. The Balaban J connectivity index is 0.000000303. The molecule has 2 atom stereocenters. The molecule has 0 saturated carbocycles. The molecule has 47 heavy (non-hydrogen) atoms. The lowest BCUT2D eigenvalue weighted by atomic mass is 9.78. The number of carbonyl (C=O) groups is 1. The molecule has 4 aromatic rings. The van der Waals surface area contributed by atoms with E-state index in [1.807, 2.05) is 41.0 Å². The second kappa shape index (κ2) is 14.9. The zero-order chi connectivity index (χ0) is 32.0. The Bertz CT molecular complexity index is 1830. The first-order chi connectivity index (χ1) is 23.1. The van der Waals surface area contributed by atoms with E-state index in [1.54, 1.807) is 22.9 Å². The van der Waals surface area contributed by atoms with Gasteiger partial charge in [0.05, 0.1) is 5.69 Å². The summed E-state index contributed by atoms with van der Waals surface area (Å²) >= 11 is 3.50. The summed E-state index contributed by atoms with van der Waals surface area (Å²) in [5.74, 6) is -0.238. The summed E-state index contributed by atoms with van der Waals surface area (Å²) in [6.45, 7) is 0.779. The van der Waals surface area contributed by atoms with Crippen LogP contribution in [0.5, 0.6) is 0 Å². The molecule has 1 aromatic heterocycles. The van der Waals surface area contributed by atoms with E-state index in [9.17, 15) is 4.79 Å². The van der Waals surface area contributed by atoms with Gasteiger partial charge >= 0.3 is 0 Å². The molecule has 8 rings (SSSR count). The molecule has 1 fully saturated rings. The third-order valence-corrected chi connectivity index (χ3v) is 11.3. The molecular formula is C40H40N2O3S2. The Morgan fingerprint density at radius 3 is 2.64 bits per heavy atom. The largest absolute Gasteiger partial charge is 0.370 e. The van der Waals surface area contributed by atoms with Gasteiger partial charge in [0.2, 0.25) is 5.91 Å². The van der Waals surface area contributed by atoms with Crippen LogP contribution in [0.3, 0.4) is 0 Å². The van der Waals surface area contributed by atoms with Crippen LogP contribution in [0.15, 0.2) is 96.4 Å². The maximum Gasteiger partial charge on any atom is 0.218 e. The average molecular weight is 661 g/mol. The topological polar surface area (TPSA) is 73.6 Å². The number of primary amides is 1. The van der Waals surface area contributed by atoms with E-state index in [2.05, 4.69) is 78.3 Å². The molecule has 3 aromatic carbocycles. The van der Waals surface area contributed by atoms with Crippen molar-refractivity contribution in [3.05, 3.63) is 124 Å². The molecular weight excluding hydrogens is 621 g/mol. The van der Waals surface area contributed by atoms with Crippen molar-refractivity contribution in [1.82, 2.24) is 0 Å². The van der Waals surface area contributed by atoms with Gasteiger partial charge in [0, 0.05) is 34.5 Å². The van der Waals surface area contributed by atoms with Crippen LogP contribution in [-0.2, 0) is 33.6 Å². The Morgan fingerprint density at radius 1 is 0.894 bits per heavy atom. The molecule has 0 radical (unpaired) electrons. The first-order valence-corrected chi connectivity index (χ1v) is 18.3. The third-order valence-electron chi connectivity index (χ3n) is 9.08. The lowest BCUT2D eigenvalue weighted by Crippen LogP contribution is -2.24. The van der Waals surface area contributed by atoms with Crippen LogP contribution in [0.1, 0.15) is 59.2 Å². The number of anilines is 1. The summed E-state index contributed by atoms with van der Waals surface area (Å²) in [5, 5.41) is 2.22. The van der Waals surface area contributed by atoms with E-state index in [4.69, 9.17) is 15.3 Å². The SMILES string of the molecule is C1=C(c2ccc(-c3cccc(NO[C@H]4CCCCO4)c3)s2)CCc2c1ccc1c2CCc2ccccc2-1.NC(=O)CC1C=CC=CS1. The lowest BCUT2D eigenvalue weighted by Gasteiger charge is -2.26. The van der Waals surface area contributed by atoms with Gasteiger partial charge in [-0.2, -0.15) is 0 Å². The summed E-state index contributed by atoms with van der Waals surface area (Å²) in [6, 6.07) is 26.6. The van der Waals surface area contributed by atoms with Crippen molar-refractivity contribution in [2.45, 2.75) is 62.9 Å². The molecule has 0 bridgehead atoms. The number of hydrogen-bond acceptors (Lipinski definition) is 6. The number of hydrogen-bond donors (Lipinski definition) is 2. The number of nitrogens with two attached hydrogens (primary N) is 1. The molecule has 1 saturated heterocycles. The van der Waals surface area contributed by atoms with E-state index < -0.39 is 0 Å². The number of nitrogens with one attached hydrogen (secondary N) is 1. The third kappa shape index (κ3) is 7.65. The number of thiophene rings is 1. The molecule has 3 N–H and O–H groups in total. The quantitative estimate of drug-likeness (QED) is 0.193. The predicted molar refractivity (Wildman–Crippen MR) is 197 cm³/mol. The molecule has 1 unspecified atom stereocenters. The van der Waals surface area contributed by atoms with Crippen LogP contribution >= 0.6 is 23.1 Å². The smallest absolute Gasteiger partial charge is 0.218 e. The molecule has 240 valence electrons. The van der Waals surface area contributed by atoms with Gasteiger partial charge in [0.15, 0.2) is 6.29 Å². The Kier molecular flexibility index (Phi) is 10.1. The highest BCUT2D eigenvalue weighted by molar-refractivity contribution is 8.02. The van der Waals surface area contributed by atoms with Crippen LogP contribution in [0.4, 0.5) is 5.69 Å². The van der Waals surface area contributed by atoms with Crippen molar-refractivity contribution in [2.75, 3.05) is 12.1 Å². The Hall–Kier alpha value is -3.88. The average Bonchev–Trinajstić information content (AvgIpc) is 3.62. The number of benzene rings is 3. The van der Waals surface area contributed by atoms with Gasteiger partial charge in [0.25, 0.3) is 0 Å². The summed E-state index contributed by atoms with van der Waals surface area (Å²) < 4.78 is 5.67. The van der Waals surface area contributed by atoms with Gasteiger partial charge in [-0.05, 0) is 113 Å². The number of fused-ring (bicyclic) bond motifs is 5. The first-order valence-electron chi connectivity index (χ1n) is 16.6. The highest BCUT2D eigenvalue weighted by Crippen LogP contribution is 2.42. The van der Waals surface area contributed by atoms with Crippen LogP contribution in [0.2, 0.25) is 0 Å². The Labute approximate surface area is 285 Å². The number of ether oxygens (including phenoxy) is 1. The number of allylic oxidation sites excluding steroid dienone is 3. The van der Waals surface area contributed by atoms with Gasteiger partial charge < -0.3 is 10.5 Å². The first kappa shape index (κ1) is 31.7. The lowest BCUT2D eigenvalue weighted by molar-refractivity contribution is -0.145. The summed E-state index contributed by atoms with van der Waals surface area (Å²) in [4.78, 5) is 18.8. The Morgan fingerprint density at radius 2 is 1.79 bits per heavy atom. The van der Waals surface area contributed by atoms with Crippen LogP contribution < -0.4 is 11.2 Å². The van der Waals surface area contributed by atoms with Gasteiger partial charge in [-0.1, -0.05) is 72.8 Å². The number of thioether (sulfide) groups is 1. The summed E-state index contributed by atoms with van der Waals surface area (Å²) in [5.41, 5.74) is 20.6.